The Kier molecular flexibility index (Phi) is 9.13. The highest BCUT2D eigenvalue weighted by Crippen LogP contribution is 2.59. The van der Waals surface area contributed by atoms with Crippen molar-refractivity contribution in [3.05, 3.63) is 80.5 Å². The average molecular weight is 693 g/mol. The first-order valence-corrected chi connectivity index (χ1v) is 12.3. The molecular weight excluding hydrogens is 677 g/mol. The first kappa shape index (κ1) is 33.0. The number of anilines is 2. The summed E-state index contributed by atoms with van der Waals surface area (Å²) in [7, 11) is 1.15. The van der Waals surface area contributed by atoms with Crippen LogP contribution in [0.5, 0.6) is 5.75 Å². The summed E-state index contributed by atoms with van der Waals surface area (Å²) in [5.41, 5.74) is -8.51. The molecule has 0 fully saturated rings. The van der Waals surface area contributed by atoms with Crippen molar-refractivity contribution in [2.24, 2.45) is 0 Å². The van der Waals surface area contributed by atoms with Gasteiger partial charge in [-0.15, -0.1) is 0 Å². The number of halogens is 11. The number of pyridine rings is 1. The molecule has 6 nitrogen and oxygen atoms in total. The SMILES string of the molecule is COc1c(NC(=O)c2ccncc2C)cccc1C(=O)Nc1c(Cl)cc(C(F)(C(F)(F)F)C(F)(F)C(F)(F)F)cc1Br. The topological polar surface area (TPSA) is 80.3 Å². The predicted octanol–water partition coefficient (Wildman–Crippen LogP) is 8.24. The van der Waals surface area contributed by atoms with Crippen LogP contribution in [0.3, 0.4) is 0 Å². The van der Waals surface area contributed by atoms with Crippen molar-refractivity contribution in [1.82, 2.24) is 4.98 Å². The summed E-state index contributed by atoms with van der Waals surface area (Å²) in [6.07, 6.45) is -10.9. The number of amides is 2. The maximum absolute atomic E-state index is 14.9. The number of aromatic nitrogens is 1. The number of hydrogen-bond donors (Lipinski definition) is 2. The van der Waals surface area contributed by atoms with Crippen LogP contribution in [0.2, 0.25) is 5.02 Å². The molecule has 2 aromatic carbocycles. The number of rotatable bonds is 7. The molecule has 1 aromatic heterocycles. The summed E-state index contributed by atoms with van der Waals surface area (Å²) >= 11 is 8.48. The second-order valence-electron chi connectivity index (χ2n) is 8.53. The summed E-state index contributed by atoms with van der Waals surface area (Å²) in [6.45, 7) is 1.63. The standard InChI is InChI=1S/C25H16BrClF9N3O3/c1-11-10-37-7-6-13(11)20(40)38-17-5-3-4-14(19(17)42-2)21(41)39-18-15(26)8-12(9-16(18)27)22(28,24(31,32)33)23(29,30)25(34,35)36/h3-10H,1-2H3,(H,38,40)(H,39,41). The summed E-state index contributed by atoms with van der Waals surface area (Å²) in [5, 5.41) is 3.67. The van der Waals surface area contributed by atoms with E-state index in [2.05, 4.69) is 31.5 Å². The zero-order valence-corrected chi connectivity index (χ0v) is 23.3. The van der Waals surface area contributed by atoms with Gasteiger partial charge in [0, 0.05) is 28.0 Å². The molecule has 3 aromatic rings. The molecule has 2 amide bonds. The van der Waals surface area contributed by atoms with Crippen molar-refractivity contribution in [3.63, 3.8) is 0 Å². The highest BCUT2D eigenvalue weighted by molar-refractivity contribution is 9.10. The lowest BCUT2D eigenvalue weighted by atomic mass is 9.87. The van der Waals surface area contributed by atoms with Gasteiger partial charge in [0.15, 0.2) is 5.75 Å². The van der Waals surface area contributed by atoms with Crippen LogP contribution >= 0.6 is 27.5 Å². The van der Waals surface area contributed by atoms with Crippen molar-refractivity contribution in [1.29, 1.82) is 0 Å². The third-order valence-corrected chi connectivity index (χ3v) is 6.76. The van der Waals surface area contributed by atoms with E-state index in [1.54, 1.807) is 6.92 Å². The van der Waals surface area contributed by atoms with E-state index >= 15 is 0 Å². The Hall–Kier alpha value is -3.53. The summed E-state index contributed by atoms with van der Waals surface area (Å²) < 4.78 is 126. The monoisotopic (exact) mass is 691 g/mol. The van der Waals surface area contributed by atoms with Gasteiger partial charge in [0.2, 0.25) is 0 Å². The molecular formula is C25H16BrClF9N3O3. The Morgan fingerprint density at radius 2 is 1.52 bits per heavy atom. The Morgan fingerprint density at radius 3 is 2.05 bits per heavy atom. The molecule has 0 spiro atoms. The Balaban J connectivity index is 2.00. The number of carbonyl (C=O) groups is 2. The fraction of sp³-hybridized carbons (Fsp3) is 0.240. The summed E-state index contributed by atoms with van der Waals surface area (Å²) in [4.78, 5) is 29.7. The number of para-hydroxylation sites is 1. The third-order valence-electron chi connectivity index (χ3n) is 5.83. The van der Waals surface area contributed by atoms with Gasteiger partial charge >= 0.3 is 23.9 Å². The highest BCUT2D eigenvalue weighted by atomic mass is 79.9. The quantitative estimate of drug-likeness (QED) is 0.245. The molecule has 0 saturated carbocycles. The molecule has 0 aliphatic rings. The van der Waals surface area contributed by atoms with E-state index in [0.717, 1.165) is 7.11 Å². The molecule has 1 atom stereocenters. The number of nitrogens with zero attached hydrogens (tertiary/aromatic N) is 1. The van der Waals surface area contributed by atoms with Crippen LogP contribution in [0.4, 0.5) is 50.9 Å². The average Bonchev–Trinajstić information content (AvgIpc) is 2.88. The van der Waals surface area contributed by atoms with Crippen LogP contribution < -0.4 is 15.4 Å². The zero-order chi connectivity index (χ0) is 31.8. The van der Waals surface area contributed by atoms with Crippen LogP contribution in [0.15, 0.2) is 53.3 Å². The molecule has 0 aliphatic heterocycles. The number of hydrogen-bond acceptors (Lipinski definition) is 4. The number of methoxy groups -OCH3 is 1. The van der Waals surface area contributed by atoms with Crippen LogP contribution in [-0.4, -0.2) is 42.2 Å². The molecule has 1 heterocycles. The largest absolute Gasteiger partial charge is 0.494 e. The number of aryl methyl sites for hydroxylation is 1. The molecule has 3 rings (SSSR count). The fourth-order valence-corrected chi connectivity index (χ4v) is 4.68. The smallest absolute Gasteiger partial charge is 0.457 e. The van der Waals surface area contributed by atoms with Crippen molar-refractivity contribution < 1.29 is 53.8 Å². The molecule has 17 heteroatoms. The molecule has 0 saturated heterocycles. The number of nitrogens with one attached hydrogen (secondary N) is 2. The van der Waals surface area contributed by atoms with E-state index in [0.29, 0.717) is 5.56 Å². The van der Waals surface area contributed by atoms with Crippen molar-refractivity contribution in [2.45, 2.75) is 30.9 Å². The van der Waals surface area contributed by atoms with Crippen molar-refractivity contribution in [2.75, 3.05) is 17.7 Å². The molecule has 1 unspecified atom stereocenters. The molecule has 0 radical (unpaired) electrons. The number of ether oxygens (including phenoxy) is 1. The van der Waals surface area contributed by atoms with E-state index in [1.165, 1.54) is 36.7 Å². The van der Waals surface area contributed by atoms with Gasteiger partial charge in [-0.2, -0.15) is 35.1 Å². The van der Waals surface area contributed by atoms with Crippen molar-refractivity contribution in [3.8, 4) is 5.75 Å². The van der Waals surface area contributed by atoms with Gasteiger partial charge in [-0.05, 0) is 58.7 Å². The van der Waals surface area contributed by atoms with E-state index in [4.69, 9.17) is 16.3 Å². The predicted molar refractivity (Wildman–Crippen MR) is 137 cm³/mol. The van der Waals surface area contributed by atoms with Crippen LogP contribution in [0.25, 0.3) is 0 Å². The highest BCUT2D eigenvalue weighted by Gasteiger charge is 2.81. The van der Waals surface area contributed by atoms with Gasteiger partial charge in [0.05, 0.1) is 29.1 Å². The normalized spacial score (nSPS) is 13.7. The number of alkyl halides is 9. The summed E-state index contributed by atoms with van der Waals surface area (Å²) in [6, 6.07) is 5.22. The van der Waals surface area contributed by atoms with Gasteiger partial charge in [0.25, 0.3) is 11.8 Å². The minimum absolute atomic E-state index is 0.00800. The zero-order valence-electron chi connectivity index (χ0n) is 20.9. The van der Waals surface area contributed by atoms with Gasteiger partial charge in [-0.25, -0.2) is 4.39 Å². The first-order valence-electron chi connectivity index (χ1n) is 11.2. The molecule has 42 heavy (non-hydrogen) atoms. The van der Waals surface area contributed by atoms with Crippen LogP contribution in [-0.2, 0) is 5.67 Å². The van der Waals surface area contributed by atoms with E-state index in [9.17, 15) is 49.1 Å². The maximum Gasteiger partial charge on any atom is 0.457 e. The van der Waals surface area contributed by atoms with Crippen molar-refractivity contribution >= 4 is 50.7 Å². The van der Waals surface area contributed by atoms with Gasteiger partial charge in [0.1, 0.15) is 0 Å². The maximum atomic E-state index is 14.9. The van der Waals surface area contributed by atoms with Gasteiger partial charge in [-0.3, -0.25) is 14.6 Å². The van der Waals surface area contributed by atoms with E-state index < -0.39 is 56.5 Å². The lowest BCUT2D eigenvalue weighted by molar-refractivity contribution is -0.389. The molecule has 2 N–H and O–H groups in total. The minimum atomic E-state index is -6.93. The molecule has 0 bridgehead atoms. The van der Waals surface area contributed by atoms with Gasteiger partial charge < -0.3 is 15.4 Å². The first-order chi connectivity index (χ1) is 19.3. The second-order valence-corrected chi connectivity index (χ2v) is 9.79. The number of benzene rings is 2. The van der Waals surface area contributed by atoms with Gasteiger partial charge in [-0.1, -0.05) is 17.7 Å². The van der Waals surface area contributed by atoms with Crippen LogP contribution in [0.1, 0.15) is 31.8 Å². The Labute approximate surface area is 244 Å². The Bertz CT molecular complexity index is 1510. The summed E-state index contributed by atoms with van der Waals surface area (Å²) in [5.74, 6) is -8.77. The number of carbonyl (C=O) groups excluding carboxylic acids is 2. The lowest BCUT2D eigenvalue weighted by Crippen LogP contribution is -2.59. The van der Waals surface area contributed by atoms with E-state index in [1.807, 2.05) is 0 Å². The molecule has 226 valence electrons. The second kappa shape index (κ2) is 11.6. The van der Waals surface area contributed by atoms with E-state index in [-0.39, 0.29) is 34.7 Å². The molecule has 0 aliphatic carbocycles. The lowest BCUT2D eigenvalue weighted by Gasteiger charge is -2.36. The minimum Gasteiger partial charge on any atom is -0.494 e. The third kappa shape index (κ3) is 5.86. The fourth-order valence-electron chi connectivity index (χ4n) is 3.74. The van der Waals surface area contributed by atoms with Crippen LogP contribution in [0, 0.1) is 6.92 Å². The Morgan fingerprint density at radius 1 is 0.905 bits per heavy atom.